The van der Waals surface area contributed by atoms with Crippen LogP contribution in [0.5, 0.6) is 5.88 Å². The van der Waals surface area contributed by atoms with Crippen LogP contribution < -0.4 is 10.1 Å². The second-order valence-electron chi connectivity index (χ2n) is 4.54. The number of ether oxygens (including phenoxy) is 1. The minimum atomic E-state index is 0.714. The highest BCUT2D eigenvalue weighted by Crippen LogP contribution is 2.29. The van der Waals surface area contributed by atoms with Gasteiger partial charge in [0.15, 0.2) is 0 Å². The fraction of sp³-hybridized carbons (Fsp3) is 0.692. The Bertz CT molecular complexity index is 339. The van der Waals surface area contributed by atoms with Crippen molar-refractivity contribution in [1.82, 2.24) is 9.97 Å². The summed E-state index contributed by atoms with van der Waals surface area (Å²) in [7, 11) is 0. The van der Waals surface area contributed by atoms with Crippen LogP contribution in [0.2, 0.25) is 0 Å². The Balaban J connectivity index is 2.04. The Kier molecular flexibility index (Phi) is 4.18. The first kappa shape index (κ1) is 12.1. The van der Waals surface area contributed by atoms with Crippen molar-refractivity contribution in [2.45, 2.75) is 39.5 Å². The van der Waals surface area contributed by atoms with Crippen LogP contribution in [0.3, 0.4) is 0 Å². The molecule has 17 heavy (non-hydrogen) atoms. The predicted octanol–water partition coefficient (Wildman–Crippen LogP) is 2.65. The van der Waals surface area contributed by atoms with Crippen LogP contribution in [0.15, 0.2) is 6.07 Å². The van der Waals surface area contributed by atoms with E-state index in [0.29, 0.717) is 5.88 Å². The highest BCUT2D eigenvalue weighted by molar-refractivity contribution is 5.38. The summed E-state index contributed by atoms with van der Waals surface area (Å²) >= 11 is 0. The first-order chi connectivity index (χ1) is 8.31. The van der Waals surface area contributed by atoms with Gasteiger partial charge >= 0.3 is 0 Å². The van der Waals surface area contributed by atoms with Crippen LogP contribution in [0, 0.1) is 5.92 Å². The lowest BCUT2D eigenvalue weighted by Crippen LogP contribution is -2.07. The van der Waals surface area contributed by atoms with Crippen LogP contribution in [0.25, 0.3) is 0 Å². The van der Waals surface area contributed by atoms with Crippen LogP contribution in [0.1, 0.15) is 38.9 Å². The van der Waals surface area contributed by atoms with Crippen molar-refractivity contribution in [3.63, 3.8) is 0 Å². The molecule has 0 atom stereocenters. The van der Waals surface area contributed by atoms with E-state index in [4.69, 9.17) is 4.74 Å². The van der Waals surface area contributed by atoms with Crippen molar-refractivity contribution < 1.29 is 4.74 Å². The number of aryl methyl sites for hydroxylation is 1. The third-order valence-corrected chi connectivity index (χ3v) is 2.74. The van der Waals surface area contributed by atoms with Crippen molar-refractivity contribution in [3.05, 3.63) is 11.9 Å². The quantitative estimate of drug-likeness (QED) is 0.789. The molecule has 0 unspecified atom stereocenters. The highest BCUT2D eigenvalue weighted by Gasteiger charge is 2.22. The molecule has 0 aromatic carbocycles. The first-order valence-corrected chi connectivity index (χ1v) is 6.56. The SMILES string of the molecule is CCCc1nc(NCC)cc(OCC2CC2)n1. The zero-order chi connectivity index (χ0) is 12.1. The fourth-order valence-electron chi connectivity index (χ4n) is 1.64. The van der Waals surface area contributed by atoms with Gasteiger partial charge in [-0.05, 0) is 32.1 Å². The van der Waals surface area contributed by atoms with Gasteiger partial charge in [0.2, 0.25) is 5.88 Å². The second kappa shape index (κ2) is 5.84. The third-order valence-electron chi connectivity index (χ3n) is 2.74. The molecule has 94 valence electrons. The van der Waals surface area contributed by atoms with Crippen molar-refractivity contribution in [3.8, 4) is 5.88 Å². The lowest BCUT2D eigenvalue weighted by molar-refractivity contribution is 0.287. The summed E-state index contributed by atoms with van der Waals surface area (Å²) in [6.07, 6.45) is 4.55. The predicted molar refractivity (Wildman–Crippen MR) is 68.4 cm³/mol. The summed E-state index contributed by atoms with van der Waals surface area (Å²) in [6.45, 7) is 5.86. The van der Waals surface area contributed by atoms with Gasteiger partial charge in [0, 0.05) is 19.0 Å². The Morgan fingerprint density at radius 3 is 2.82 bits per heavy atom. The lowest BCUT2D eigenvalue weighted by atomic mass is 10.3. The summed E-state index contributed by atoms with van der Waals surface area (Å²) in [5, 5.41) is 3.22. The van der Waals surface area contributed by atoms with E-state index in [1.165, 1.54) is 12.8 Å². The Morgan fingerprint density at radius 1 is 1.35 bits per heavy atom. The number of anilines is 1. The van der Waals surface area contributed by atoms with E-state index in [-0.39, 0.29) is 0 Å². The standard InChI is InChI=1S/C13H21N3O/c1-3-5-11-15-12(14-4-2)8-13(16-11)17-9-10-6-7-10/h8,10H,3-7,9H2,1-2H3,(H,14,15,16). The van der Waals surface area contributed by atoms with Crippen LogP contribution in [-0.2, 0) is 6.42 Å². The van der Waals surface area contributed by atoms with Crippen molar-refractivity contribution in [2.24, 2.45) is 5.92 Å². The normalized spacial score (nSPS) is 14.7. The molecule has 0 amide bonds. The highest BCUT2D eigenvalue weighted by atomic mass is 16.5. The Hall–Kier alpha value is -1.32. The van der Waals surface area contributed by atoms with E-state index >= 15 is 0 Å². The number of rotatable bonds is 7. The van der Waals surface area contributed by atoms with Gasteiger partial charge in [-0.15, -0.1) is 0 Å². The Morgan fingerprint density at radius 2 is 2.18 bits per heavy atom. The monoisotopic (exact) mass is 235 g/mol. The van der Waals surface area contributed by atoms with E-state index < -0.39 is 0 Å². The first-order valence-electron chi connectivity index (χ1n) is 6.56. The molecule has 2 rings (SSSR count). The molecule has 4 nitrogen and oxygen atoms in total. The van der Waals surface area contributed by atoms with Crippen LogP contribution in [0.4, 0.5) is 5.82 Å². The van der Waals surface area contributed by atoms with E-state index in [1.807, 2.05) is 6.07 Å². The van der Waals surface area contributed by atoms with Crippen molar-refractivity contribution >= 4 is 5.82 Å². The fourth-order valence-corrected chi connectivity index (χ4v) is 1.64. The smallest absolute Gasteiger partial charge is 0.218 e. The molecule has 0 radical (unpaired) electrons. The summed E-state index contributed by atoms with van der Waals surface area (Å²) in [4.78, 5) is 8.89. The number of hydrogen-bond acceptors (Lipinski definition) is 4. The number of nitrogens with zero attached hydrogens (tertiary/aromatic N) is 2. The third kappa shape index (κ3) is 3.88. The maximum Gasteiger partial charge on any atom is 0.218 e. The molecule has 1 fully saturated rings. The van der Waals surface area contributed by atoms with Crippen LogP contribution >= 0.6 is 0 Å². The van der Waals surface area contributed by atoms with Crippen molar-refractivity contribution in [2.75, 3.05) is 18.5 Å². The van der Waals surface area contributed by atoms with Crippen LogP contribution in [-0.4, -0.2) is 23.1 Å². The van der Waals surface area contributed by atoms with Crippen molar-refractivity contribution in [1.29, 1.82) is 0 Å². The molecule has 1 N–H and O–H groups in total. The summed E-state index contributed by atoms with van der Waals surface area (Å²) in [5.74, 6) is 3.21. The molecule has 1 aromatic heterocycles. The van der Waals surface area contributed by atoms with Gasteiger partial charge in [-0.3, -0.25) is 0 Å². The van der Waals surface area contributed by atoms with E-state index in [0.717, 1.165) is 43.6 Å². The average Bonchev–Trinajstić information content (AvgIpc) is 3.11. The second-order valence-corrected chi connectivity index (χ2v) is 4.54. The maximum atomic E-state index is 5.71. The van der Waals surface area contributed by atoms with Gasteiger partial charge in [0.1, 0.15) is 11.6 Å². The molecule has 1 aliphatic rings. The molecule has 1 saturated carbocycles. The summed E-state index contributed by atoms with van der Waals surface area (Å²) in [6, 6.07) is 1.89. The molecular weight excluding hydrogens is 214 g/mol. The largest absolute Gasteiger partial charge is 0.477 e. The minimum Gasteiger partial charge on any atom is -0.477 e. The molecule has 0 bridgehead atoms. The Labute approximate surface area is 103 Å². The van der Waals surface area contributed by atoms with Gasteiger partial charge in [0.05, 0.1) is 6.61 Å². The molecule has 1 heterocycles. The van der Waals surface area contributed by atoms with E-state index in [9.17, 15) is 0 Å². The van der Waals surface area contributed by atoms with Gasteiger partial charge in [-0.1, -0.05) is 6.92 Å². The number of aromatic nitrogens is 2. The van der Waals surface area contributed by atoms with Gasteiger partial charge < -0.3 is 10.1 Å². The molecule has 1 aromatic rings. The molecular formula is C13H21N3O. The van der Waals surface area contributed by atoms with E-state index in [1.54, 1.807) is 0 Å². The zero-order valence-corrected chi connectivity index (χ0v) is 10.7. The maximum absolute atomic E-state index is 5.71. The molecule has 0 aliphatic heterocycles. The van der Waals surface area contributed by atoms with E-state index in [2.05, 4.69) is 29.1 Å². The number of nitrogens with one attached hydrogen (secondary N) is 1. The van der Waals surface area contributed by atoms with Gasteiger partial charge in [-0.25, -0.2) is 4.98 Å². The van der Waals surface area contributed by atoms with Gasteiger partial charge in [0.25, 0.3) is 0 Å². The molecule has 4 heteroatoms. The summed E-state index contributed by atoms with van der Waals surface area (Å²) in [5.41, 5.74) is 0. The number of hydrogen-bond donors (Lipinski definition) is 1. The average molecular weight is 235 g/mol. The zero-order valence-electron chi connectivity index (χ0n) is 10.7. The minimum absolute atomic E-state index is 0.714. The topological polar surface area (TPSA) is 47.0 Å². The molecule has 0 saturated heterocycles. The van der Waals surface area contributed by atoms with Gasteiger partial charge in [-0.2, -0.15) is 4.98 Å². The summed E-state index contributed by atoms with van der Waals surface area (Å²) < 4.78 is 5.71. The lowest BCUT2D eigenvalue weighted by Gasteiger charge is -2.09. The molecule has 1 aliphatic carbocycles. The molecule has 0 spiro atoms.